The van der Waals surface area contributed by atoms with Crippen molar-refractivity contribution >= 4 is 28.6 Å². The third kappa shape index (κ3) is 3.28. The van der Waals surface area contributed by atoms with Gasteiger partial charge < -0.3 is 14.3 Å². The molecule has 2 aromatic carbocycles. The van der Waals surface area contributed by atoms with E-state index in [1.54, 1.807) is 42.5 Å². The highest BCUT2D eigenvalue weighted by atomic mass is 16.5. The van der Waals surface area contributed by atoms with Crippen LogP contribution in [0, 0.1) is 0 Å². The van der Waals surface area contributed by atoms with Crippen LogP contribution in [0.5, 0.6) is 0 Å². The minimum atomic E-state index is -1.07. The SMILES string of the molecule is C=C(C(=O)O)c1ccc(-c2nc3c(CC(=O)OC)cccc3o2)cc1. The Morgan fingerprint density at radius 2 is 1.92 bits per heavy atom. The molecule has 0 aliphatic heterocycles. The Hall–Kier alpha value is -3.41. The van der Waals surface area contributed by atoms with Gasteiger partial charge in [0.05, 0.1) is 19.1 Å². The zero-order valence-electron chi connectivity index (χ0n) is 13.5. The number of aromatic nitrogens is 1. The van der Waals surface area contributed by atoms with Gasteiger partial charge in [0.2, 0.25) is 5.89 Å². The van der Waals surface area contributed by atoms with Crippen molar-refractivity contribution in [3.8, 4) is 11.5 Å². The molecule has 1 heterocycles. The van der Waals surface area contributed by atoms with Crippen LogP contribution in [0.25, 0.3) is 28.1 Å². The van der Waals surface area contributed by atoms with Crippen LogP contribution < -0.4 is 0 Å². The first kappa shape index (κ1) is 16.4. The smallest absolute Gasteiger partial charge is 0.335 e. The van der Waals surface area contributed by atoms with Gasteiger partial charge in [-0.3, -0.25) is 4.79 Å². The molecular formula is C19H15NO5. The van der Waals surface area contributed by atoms with Crippen molar-refractivity contribution in [2.45, 2.75) is 6.42 Å². The summed E-state index contributed by atoms with van der Waals surface area (Å²) in [6, 6.07) is 12.1. The summed E-state index contributed by atoms with van der Waals surface area (Å²) in [5, 5.41) is 8.97. The number of methoxy groups -OCH3 is 1. The summed E-state index contributed by atoms with van der Waals surface area (Å²) in [4.78, 5) is 26.9. The molecule has 0 atom stereocenters. The van der Waals surface area contributed by atoms with Crippen LogP contribution in [0.1, 0.15) is 11.1 Å². The first-order chi connectivity index (χ1) is 12.0. The Kier molecular flexibility index (Phi) is 4.35. The Bertz CT molecular complexity index is 969. The number of carboxylic acids is 1. The maximum atomic E-state index is 11.5. The first-order valence-corrected chi connectivity index (χ1v) is 7.48. The number of carbonyl (C=O) groups excluding carboxylic acids is 1. The number of hydrogen-bond acceptors (Lipinski definition) is 5. The molecule has 0 saturated carbocycles. The highest BCUT2D eigenvalue weighted by Crippen LogP contribution is 2.27. The van der Waals surface area contributed by atoms with Crippen LogP contribution in [0.2, 0.25) is 0 Å². The predicted octanol–water partition coefficient (Wildman–Crippen LogP) is 3.31. The van der Waals surface area contributed by atoms with E-state index >= 15 is 0 Å². The van der Waals surface area contributed by atoms with Crippen LogP contribution in [-0.2, 0) is 20.7 Å². The lowest BCUT2D eigenvalue weighted by Gasteiger charge is -2.01. The van der Waals surface area contributed by atoms with E-state index in [9.17, 15) is 9.59 Å². The fraction of sp³-hybridized carbons (Fsp3) is 0.105. The average Bonchev–Trinajstić information content (AvgIpc) is 3.06. The van der Waals surface area contributed by atoms with E-state index in [0.717, 1.165) is 5.56 Å². The predicted molar refractivity (Wildman–Crippen MR) is 91.8 cm³/mol. The average molecular weight is 337 g/mol. The monoisotopic (exact) mass is 337 g/mol. The van der Waals surface area contributed by atoms with E-state index in [0.29, 0.717) is 28.1 Å². The van der Waals surface area contributed by atoms with Gasteiger partial charge >= 0.3 is 11.9 Å². The number of ether oxygens (including phenoxy) is 1. The number of rotatable bonds is 5. The van der Waals surface area contributed by atoms with E-state index in [1.165, 1.54) is 7.11 Å². The Labute approximate surface area is 143 Å². The Morgan fingerprint density at radius 3 is 2.56 bits per heavy atom. The molecule has 126 valence electrons. The van der Waals surface area contributed by atoms with Gasteiger partial charge in [-0.1, -0.05) is 30.8 Å². The summed E-state index contributed by atoms with van der Waals surface area (Å²) in [5.41, 5.74) is 3.11. The van der Waals surface area contributed by atoms with Gasteiger partial charge in [-0.2, -0.15) is 0 Å². The molecule has 0 bridgehead atoms. The van der Waals surface area contributed by atoms with E-state index in [4.69, 9.17) is 14.3 Å². The Morgan fingerprint density at radius 1 is 1.20 bits per heavy atom. The molecule has 3 aromatic rings. The van der Waals surface area contributed by atoms with Crippen LogP contribution in [-0.4, -0.2) is 29.1 Å². The molecule has 0 spiro atoms. The van der Waals surface area contributed by atoms with Crippen molar-refractivity contribution in [2.24, 2.45) is 0 Å². The van der Waals surface area contributed by atoms with Crippen LogP contribution in [0.15, 0.2) is 53.5 Å². The van der Waals surface area contributed by atoms with Crippen molar-refractivity contribution in [3.63, 3.8) is 0 Å². The molecule has 1 aromatic heterocycles. The number of carboxylic acid groups (broad SMARTS) is 1. The molecule has 6 nitrogen and oxygen atoms in total. The van der Waals surface area contributed by atoms with Crippen molar-refractivity contribution in [3.05, 3.63) is 60.2 Å². The third-order valence-electron chi connectivity index (χ3n) is 3.80. The van der Waals surface area contributed by atoms with Gasteiger partial charge in [-0.05, 0) is 29.3 Å². The zero-order valence-corrected chi connectivity index (χ0v) is 13.5. The van der Waals surface area contributed by atoms with E-state index in [-0.39, 0.29) is 18.0 Å². The molecule has 0 saturated heterocycles. The van der Waals surface area contributed by atoms with Crippen LogP contribution in [0.3, 0.4) is 0 Å². The van der Waals surface area contributed by atoms with Crippen molar-refractivity contribution in [2.75, 3.05) is 7.11 Å². The summed E-state index contributed by atoms with van der Waals surface area (Å²) in [6.07, 6.45) is 0.108. The quantitative estimate of drug-likeness (QED) is 0.567. The summed E-state index contributed by atoms with van der Waals surface area (Å²) in [6.45, 7) is 3.53. The molecule has 1 N–H and O–H groups in total. The summed E-state index contributed by atoms with van der Waals surface area (Å²) in [7, 11) is 1.34. The fourth-order valence-corrected chi connectivity index (χ4v) is 2.44. The first-order valence-electron chi connectivity index (χ1n) is 7.48. The summed E-state index contributed by atoms with van der Waals surface area (Å²) in [5.74, 6) is -1.03. The largest absolute Gasteiger partial charge is 0.478 e. The van der Waals surface area contributed by atoms with Gasteiger partial charge in [0.25, 0.3) is 0 Å². The van der Waals surface area contributed by atoms with Crippen LogP contribution in [0.4, 0.5) is 0 Å². The number of oxazole rings is 1. The van der Waals surface area contributed by atoms with Crippen LogP contribution >= 0.6 is 0 Å². The van der Waals surface area contributed by atoms with Gasteiger partial charge in [0, 0.05) is 5.56 Å². The topological polar surface area (TPSA) is 89.6 Å². The highest BCUT2D eigenvalue weighted by molar-refractivity contribution is 6.14. The molecule has 0 aliphatic carbocycles. The van der Waals surface area contributed by atoms with E-state index in [2.05, 4.69) is 11.6 Å². The maximum Gasteiger partial charge on any atom is 0.335 e. The minimum absolute atomic E-state index is 0.0180. The lowest BCUT2D eigenvalue weighted by atomic mass is 10.1. The number of benzene rings is 2. The van der Waals surface area contributed by atoms with Crippen molar-refractivity contribution < 1.29 is 23.8 Å². The number of nitrogens with zero attached hydrogens (tertiary/aromatic N) is 1. The second kappa shape index (κ2) is 6.60. The summed E-state index contributed by atoms with van der Waals surface area (Å²) < 4.78 is 10.5. The number of fused-ring (bicyclic) bond motifs is 1. The number of carbonyl (C=O) groups is 2. The number of hydrogen-bond donors (Lipinski definition) is 1. The molecule has 0 fully saturated rings. The second-order valence-electron chi connectivity index (χ2n) is 5.40. The fourth-order valence-electron chi connectivity index (χ4n) is 2.44. The highest BCUT2D eigenvalue weighted by Gasteiger charge is 2.14. The van der Waals surface area contributed by atoms with E-state index < -0.39 is 5.97 Å². The lowest BCUT2D eigenvalue weighted by molar-refractivity contribution is -0.139. The zero-order chi connectivity index (χ0) is 18.0. The van der Waals surface area contributed by atoms with Gasteiger partial charge in [-0.25, -0.2) is 9.78 Å². The number of esters is 1. The molecule has 6 heteroatoms. The van der Waals surface area contributed by atoms with Gasteiger partial charge in [-0.15, -0.1) is 0 Å². The van der Waals surface area contributed by atoms with Crippen molar-refractivity contribution in [1.29, 1.82) is 0 Å². The normalized spacial score (nSPS) is 10.6. The molecule has 25 heavy (non-hydrogen) atoms. The van der Waals surface area contributed by atoms with Gasteiger partial charge in [0.15, 0.2) is 5.58 Å². The van der Waals surface area contributed by atoms with Gasteiger partial charge in [0.1, 0.15) is 5.52 Å². The molecule has 0 amide bonds. The third-order valence-corrected chi connectivity index (χ3v) is 3.80. The lowest BCUT2D eigenvalue weighted by Crippen LogP contribution is -2.04. The maximum absolute atomic E-state index is 11.5. The second-order valence-corrected chi connectivity index (χ2v) is 5.40. The Balaban J connectivity index is 1.97. The molecular weight excluding hydrogens is 322 g/mol. The standard InChI is InChI=1S/C19H15NO5/c1-11(19(22)23)12-6-8-13(9-7-12)18-20-17-14(10-16(21)24-2)4-3-5-15(17)25-18/h3-9H,1,10H2,2H3,(H,22,23). The van der Waals surface area contributed by atoms with Crippen molar-refractivity contribution in [1.82, 2.24) is 4.98 Å². The minimum Gasteiger partial charge on any atom is -0.478 e. The summed E-state index contributed by atoms with van der Waals surface area (Å²) >= 11 is 0. The molecule has 3 rings (SSSR count). The molecule has 0 radical (unpaired) electrons. The number of aliphatic carboxylic acids is 1. The molecule has 0 unspecified atom stereocenters. The number of para-hydroxylation sites is 1. The van der Waals surface area contributed by atoms with E-state index in [1.807, 2.05) is 0 Å². The molecule has 0 aliphatic rings.